The number of alkyl halides is 1. The lowest BCUT2D eigenvalue weighted by Gasteiger charge is -1.97. The lowest BCUT2D eigenvalue weighted by Crippen LogP contribution is -2.09. The minimum absolute atomic E-state index is 0.507. The number of nitrogens with zero attached hydrogens (tertiary/aromatic N) is 2. The predicted molar refractivity (Wildman–Crippen MR) is 41.6 cm³/mol. The fourth-order valence-corrected chi connectivity index (χ4v) is 1.29. The Bertz CT molecular complexity index is 289. The maximum absolute atomic E-state index is 12.5. The van der Waals surface area contributed by atoms with Gasteiger partial charge in [-0.3, -0.25) is 4.68 Å². The van der Waals surface area contributed by atoms with Crippen molar-refractivity contribution in [2.45, 2.75) is 10.4 Å². The van der Waals surface area contributed by atoms with Crippen LogP contribution in [0.1, 0.15) is 0 Å². The van der Waals surface area contributed by atoms with E-state index in [4.69, 9.17) is 5.11 Å². The third-order valence-corrected chi connectivity index (χ3v) is 2.01. The third-order valence-electron chi connectivity index (χ3n) is 1.11. The molecule has 1 N–H and O–H groups in total. The van der Waals surface area contributed by atoms with Crippen molar-refractivity contribution in [2.75, 3.05) is 0 Å². The summed E-state index contributed by atoms with van der Waals surface area (Å²) in [7, 11) is 1.68. The number of hydrogen-bond acceptors (Lipinski definition) is 3. The highest BCUT2D eigenvalue weighted by molar-refractivity contribution is 8.00. The fraction of sp³-hybridized carbons (Fsp3) is 0.333. The van der Waals surface area contributed by atoms with Crippen LogP contribution in [0, 0.1) is 0 Å². The van der Waals surface area contributed by atoms with Gasteiger partial charge in [-0.25, -0.2) is 9.18 Å². The van der Waals surface area contributed by atoms with Gasteiger partial charge in [0.25, 0.3) is 0 Å². The van der Waals surface area contributed by atoms with Gasteiger partial charge in [0.05, 0.1) is 6.20 Å². The second-order valence-electron chi connectivity index (χ2n) is 2.12. The highest BCUT2D eigenvalue weighted by Crippen LogP contribution is 2.23. The lowest BCUT2D eigenvalue weighted by atomic mass is 10.7. The lowest BCUT2D eigenvalue weighted by molar-refractivity contribution is -0.139. The molecule has 0 aromatic carbocycles. The molecule has 0 saturated carbocycles. The van der Waals surface area contributed by atoms with Crippen molar-refractivity contribution in [1.29, 1.82) is 0 Å². The Morgan fingerprint density at radius 1 is 1.92 bits per heavy atom. The molecule has 0 aliphatic carbocycles. The summed E-state index contributed by atoms with van der Waals surface area (Å²) in [4.78, 5) is 10.6. The van der Waals surface area contributed by atoms with Gasteiger partial charge in [-0.2, -0.15) is 5.10 Å². The summed E-state index contributed by atoms with van der Waals surface area (Å²) in [6.45, 7) is 0. The van der Waals surface area contributed by atoms with Crippen molar-refractivity contribution in [3.63, 3.8) is 0 Å². The maximum atomic E-state index is 12.5. The molecule has 1 aromatic heterocycles. The average molecular weight is 190 g/mol. The van der Waals surface area contributed by atoms with Crippen LogP contribution in [0.25, 0.3) is 0 Å². The molecule has 66 valence electrons. The highest BCUT2D eigenvalue weighted by atomic mass is 32.2. The van der Waals surface area contributed by atoms with Crippen LogP contribution in [0.15, 0.2) is 17.3 Å². The largest absolute Gasteiger partial charge is 0.478 e. The minimum atomic E-state index is -1.92. The van der Waals surface area contributed by atoms with Crippen LogP contribution in [-0.4, -0.2) is 26.4 Å². The second-order valence-corrected chi connectivity index (χ2v) is 3.24. The van der Waals surface area contributed by atoms with Crippen molar-refractivity contribution in [1.82, 2.24) is 9.78 Å². The molecule has 12 heavy (non-hydrogen) atoms. The van der Waals surface area contributed by atoms with Crippen molar-refractivity contribution >= 4 is 17.7 Å². The van der Waals surface area contributed by atoms with Crippen molar-refractivity contribution in [3.05, 3.63) is 12.4 Å². The van der Waals surface area contributed by atoms with Crippen LogP contribution in [0.4, 0.5) is 4.39 Å². The SMILES string of the molecule is Cn1cc(SC(F)C(=O)O)cn1. The minimum Gasteiger partial charge on any atom is -0.478 e. The standard InChI is InChI=1S/C6H7FN2O2S/c1-9-3-4(2-8-9)12-5(7)6(10)11/h2-3,5H,1H3,(H,10,11). The molecule has 0 amide bonds. The van der Waals surface area contributed by atoms with Crippen LogP contribution in [-0.2, 0) is 11.8 Å². The molecule has 0 aliphatic rings. The molecule has 0 bridgehead atoms. The van der Waals surface area contributed by atoms with Crippen LogP contribution in [0.3, 0.4) is 0 Å². The molecular formula is C6H7FN2O2S. The average Bonchev–Trinajstić information content (AvgIpc) is 2.35. The van der Waals surface area contributed by atoms with E-state index in [-0.39, 0.29) is 0 Å². The fourth-order valence-electron chi connectivity index (χ4n) is 0.630. The molecule has 4 nitrogen and oxygen atoms in total. The molecule has 1 unspecified atom stereocenters. The van der Waals surface area contributed by atoms with E-state index in [0.717, 1.165) is 0 Å². The van der Waals surface area contributed by atoms with E-state index in [1.54, 1.807) is 13.2 Å². The van der Waals surface area contributed by atoms with Gasteiger partial charge in [0.1, 0.15) is 0 Å². The van der Waals surface area contributed by atoms with Gasteiger partial charge < -0.3 is 5.11 Å². The molecule has 6 heteroatoms. The topological polar surface area (TPSA) is 55.1 Å². The number of aryl methyl sites for hydroxylation is 1. The molecule has 0 fully saturated rings. The van der Waals surface area contributed by atoms with Gasteiger partial charge in [-0.15, -0.1) is 0 Å². The summed E-state index contributed by atoms with van der Waals surface area (Å²) < 4.78 is 14.0. The zero-order valence-electron chi connectivity index (χ0n) is 6.27. The van der Waals surface area contributed by atoms with Gasteiger partial charge >= 0.3 is 5.97 Å². The van der Waals surface area contributed by atoms with E-state index in [9.17, 15) is 9.18 Å². The number of thioether (sulfide) groups is 1. The first-order valence-corrected chi connectivity index (χ1v) is 4.00. The molecule has 0 radical (unpaired) electrons. The Morgan fingerprint density at radius 3 is 3.00 bits per heavy atom. The molecular weight excluding hydrogens is 183 g/mol. The van der Waals surface area contributed by atoms with E-state index < -0.39 is 11.5 Å². The Morgan fingerprint density at radius 2 is 2.58 bits per heavy atom. The number of rotatable bonds is 3. The molecule has 1 aromatic rings. The van der Waals surface area contributed by atoms with Gasteiger partial charge in [0, 0.05) is 18.1 Å². The number of aliphatic carboxylic acids is 1. The number of carbonyl (C=O) groups is 1. The summed E-state index contributed by atoms with van der Waals surface area (Å²) in [5, 5.41) is 12.0. The first-order chi connectivity index (χ1) is 5.59. The smallest absolute Gasteiger partial charge is 0.349 e. The van der Waals surface area contributed by atoms with Crippen molar-refractivity contribution in [2.24, 2.45) is 7.05 Å². The monoisotopic (exact) mass is 190 g/mol. The predicted octanol–water partition coefficient (Wildman–Crippen LogP) is 0.892. The maximum Gasteiger partial charge on any atom is 0.349 e. The zero-order valence-corrected chi connectivity index (χ0v) is 7.08. The molecule has 1 atom stereocenters. The molecule has 0 saturated heterocycles. The van der Waals surface area contributed by atoms with Crippen LogP contribution in [0.5, 0.6) is 0 Å². The summed E-state index contributed by atoms with van der Waals surface area (Å²) >= 11 is 0.623. The zero-order chi connectivity index (χ0) is 9.14. The van der Waals surface area contributed by atoms with Crippen molar-refractivity contribution < 1.29 is 14.3 Å². The summed E-state index contributed by atoms with van der Waals surface area (Å²) in [6, 6.07) is 0. The number of halogens is 1. The Labute approximate surface area is 72.4 Å². The van der Waals surface area contributed by atoms with Crippen molar-refractivity contribution in [3.8, 4) is 0 Å². The summed E-state index contributed by atoms with van der Waals surface area (Å²) in [6.07, 6.45) is 2.97. The number of aromatic nitrogens is 2. The number of carboxylic acid groups (broad SMARTS) is 1. The van der Waals surface area contributed by atoms with Crippen LogP contribution in [0.2, 0.25) is 0 Å². The van der Waals surface area contributed by atoms with Crippen LogP contribution >= 0.6 is 11.8 Å². The Balaban J connectivity index is 2.58. The van der Waals surface area contributed by atoms with E-state index >= 15 is 0 Å². The first kappa shape index (κ1) is 9.05. The first-order valence-electron chi connectivity index (χ1n) is 3.12. The Hall–Kier alpha value is -1.04. The summed E-state index contributed by atoms with van der Waals surface area (Å²) in [5.74, 6) is -1.47. The van der Waals surface area contributed by atoms with E-state index in [2.05, 4.69) is 5.10 Å². The van der Waals surface area contributed by atoms with Crippen LogP contribution < -0.4 is 0 Å². The Kier molecular flexibility index (Phi) is 2.69. The van der Waals surface area contributed by atoms with Gasteiger partial charge in [0.15, 0.2) is 0 Å². The second kappa shape index (κ2) is 3.57. The molecule has 0 spiro atoms. The molecule has 0 aliphatic heterocycles. The quantitative estimate of drug-likeness (QED) is 0.719. The van der Waals surface area contributed by atoms with E-state index in [1.165, 1.54) is 10.9 Å². The van der Waals surface area contributed by atoms with Gasteiger partial charge in [-0.05, 0) is 0 Å². The summed E-state index contributed by atoms with van der Waals surface area (Å²) in [5.41, 5.74) is -1.92. The number of hydrogen-bond donors (Lipinski definition) is 1. The molecule has 1 rings (SSSR count). The van der Waals surface area contributed by atoms with E-state index in [0.29, 0.717) is 16.7 Å². The van der Waals surface area contributed by atoms with E-state index in [1.807, 2.05) is 0 Å². The third kappa shape index (κ3) is 2.23. The normalized spacial score (nSPS) is 12.8. The van der Waals surface area contributed by atoms with Gasteiger partial charge in [-0.1, -0.05) is 11.8 Å². The molecule has 1 heterocycles. The van der Waals surface area contributed by atoms with Gasteiger partial charge in [0.2, 0.25) is 5.50 Å². The number of carboxylic acids is 1. The highest BCUT2D eigenvalue weighted by Gasteiger charge is 2.17.